The Balaban J connectivity index is 1.68. The van der Waals surface area contributed by atoms with Crippen molar-refractivity contribution in [3.8, 4) is 17.2 Å². The average Bonchev–Trinajstić information content (AvgIpc) is 3.13. The summed E-state index contributed by atoms with van der Waals surface area (Å²) in [4.78, 5) is 0. The molecular weight excluding hydrogens is 373 g/mol. The van der Waals surface area contributed by atoms with E-state index >= 15 is 0 Å². The highest BCUT2D eigenvalue weighted by atomic mass is 19.4. The van der Waals surface area contributed by atoms with Crippen LogP contribution in [0.3, 0.4) is 0 Å². The van der Waals surface area contributed by atoms with Crippen LogP contribution < -0.4 is 14.2 Å². The van der Waals surface area contributed by atoms with Gasteiger partial charge in [0.25, 0.3) is 0 Å². The lowest BCUT2D eigenvalue weighted by Gasteiger charge is -2.26. The van der Waals surface area contributed by atoms with Crippen molar-refractivity contribution < 1.29 is 32.5 Å². The van der Waals surface area contributed by atoms with Crippen LogP contribution in [0.1, 0.15) is 22.8 Å². The number of alkyl halides is 3. The maximum atomic E-state index is 13.4. The molecule has 3 aromatic rings. The van der Waals surface area contributed by atoms with Gasteiger partial charge in [-0.3, -0.25) is 0 Å². The minimum absolute atomic E-state index is 0.0468. The van der Waals surface area contributed by atoms with Crippen LogP contribution in [0.2, 0.25) is 0 Å². The summed E-state index contributed by atoms with van der Waals surface area (Å²) >= 11 is 0. The molecule has 28 heavy (non-hydrogen) atoms. The molecule has 3 aromatic carbocycles. The van der Waals surface area contributed by atoms with Crippen LogP contribution in [0.15, 0.2) is 54.8 Å². The predicted octanol–water partition coefficient (Wildman–Crippen LogP) is 5.05. The maximum Gasteiger partial charge on any atom is 0.416 e. The van der Waals surface area contributed by atoms with E-state index in [0.29, 0.717) is 28.2 Å². The molecule has 1 N–H and O–H groups in total. The molecule has 0 bridgehead atoms. The molecule has 4 nitrogen and oxygen atoms in total. The molecule has 5 rings (SSSR count). The summed E-state index contributed by atoms with van der Waals surface area (Å²) in [5.41, 5.74) is -0.507. The standard InChI is InChI=1S/C21H13F3O4/c22-21(23,24)15-4-2-1-3-12(15)14-9-26-16-6-5-11-7-17-18(28-10-27-17)8-13(11)19(16)20(14)25/h1-9,20,25H,10H2. The van der Waals surface area contributed by atoms with E-state index in [4.69, 9.17) is 14.2 Å². The number of benzene rings is 3. The minimum atomic E-state index is -4.55. The van der Waals surface area contributed by atoms with Crippen LogP contribution in [0.25, 0.3) is 16.3 Å². The van der Waals surface area contributed by atoms with Gasteiger partial charge in [0.05, 0.1) is 11.8 Å². The molecule has 2 aliphatic heterocycles. The number of hydrogen-bond donors (Lipinski definition) is 1. The molecule has 0 saturated carbocycles. The van der Waals surface area contributed by atoms with Crippen molar-refractivity contribution in [3.63, 3.8) is 0 Å². The molecule has 2 heterocycles. The van der Waals surface area contributed by atoms with Crippen LogP contribution in [-0.2, 0) is 6.18 Å². The Bertz CT molecular complexity index is 1130. The SMILES string of the molecule is OC1C(c2ccccc2C(F)(F)F)=COc2ccc3cc4c(cc3c21)OCO4. The molecule has 142 valence electrons. The van der Waals surface area contributed by atoms with Crippen LogP contribution in [-0.4, -0.2) is 11.9 Å². The van der Waals surface area contributed by atoms with E-state index in [9.17, 15) is 18.3 Å². The Morgan fingerprint density at radius 1 is 0.929 bits per heavy atom. The Morgan fingerprint density at radius 2 is 1.68 bits per heavy atom. The van der Waals surface area contributed by atoms with E-state index in [1.54, 1.807) is 24.3 Å². The molecule has 0 spiro atoms. The average molecular weight is 386 g/mol. The second-order valence-electron chi connectivity index (χ2n) is 6.54. The Morgan fingerprint density at radius 3 is 2.46 bits per heavy atom. The molecule has 0 radical (unpaired) electrons. The fourth-order valence-electron chi connectivity index (χ4n) is 3.64. The molecule has 7 heteroatoms. The van der Waals surface area contributed by atoms with Crippen molar-refractivity contribution in [2.75, 3.05) is 6.79 Å². The Labute approximate surface area is 157 Å². The quantitative estimate of drug-likeness (QED) is 0.636. The van der Waals surface area contributed by atoms with Gasteiger partial charge in [-0.05, 0) is 40.6 Å². The zero-order chi connectivity index (χ0) is 19.5. The largest absolute Gasteiger partial charge is 0.464 e. The Kier molecular flexibility index (Phi) is 3.57. The third kappa shape index (κ3) is 2.51. The van der Waals surface area contributed by atoms with Gasteiger partial charge in [0.15, 0.2) is 11.5 Å². The highest BCUT2D eigenvalue weighted by Crippen LogP contribution is 2.48. The fraction of sp³-hybridized carbons (Fsp3) is 0.143. The molecule has 0 saturated heterocycles. The number of halogens is 3. The summed E-state index contributed by atoms with van der Waals surface area (Å²) in [5.74, 6) is 1.48. The molecule has 1 unspecified atom stereocenters. The molecular formula is C21H13F3O4. The van der Waals surface area contributed by atoms with Crippen molar-refractivity contribution >= 4 is 16.3 Å². The highest BCUT2D eigenvalue weighted by molar-refractivity contribution is 5.94. The van der Waals surface area contributed by atoms with E-state index in [1.165, 1.54) is 24.5 Å². The molecule has 0 aromatic heterocycles. The third-order valence-electron chi connectivity index (χ3n) is 4.94. The number of fused-ring (bicyclic) bond motifs is 4. The summed E-state index contributed by atoms with van der Waals surface area (Å²) in [7, 11) is 0. The third-order valence-corrected chi connectivity index (χ3v) is 4.94. The first-order valence-corrected chi connectivity index (χ1v) is 8.51. The lowest BCUT2D eigenvalue weighted by molar-refractivity contribution is -0.137. The topological polar surface area (TPSA) is 47.9 Å². The second-order valence-corrected chi connectivity index (χ2v) is 6.54. The van der Waals surface area contributed by atoms with Crippen molar-refractivity contribution in [3.05, 3.63) is 71.5 Å². The first-order chi connectivity index (χ1) is 13.4. The monoisotopic (exact) mass is 386 g/mol. The fourth-order valence-corrected chi connectivity index (χ4v) is 3.64. The highest BCUT2D eigenvalue weighted by Gasteiger charge is 2.37. The molecule has 0 fully saturated rings. The first-order valence-electron chi connectivity index (χ1n) is 8.51. The van der Waals surface area contributed by atoms with Crippen LogP contribution in [0.4, 0.5) is 13.2 Å². The van der Waals surface area contributed by atoms with Gasteiger partial charge < -0.3 is 19.3 Å². The van der Waals surface area contributed by atoms with Crippen LogP contribution >= 0.6 is 0 Å². The zero-order valence-electron chi connectivity index (χ0n) is 14.3. The summed E-state index contributed by atoms with van der Waals surface area (Å²) in [6, 6.07) is 12.1. The minimum Gasteiger partial charge on any atom is -0.464 e. The van der Waals surface area contributed by atoms with E-state index in [-0.39, 0.29) is 17.9 Å². The van der Waals surface area contributed by atoms with Gasteiger partial charge >= 0.3 is 6.18 Å². The van der Waals surface area contributed by atoms with Crippen molar-refractivity contribution in [1.29, 1.82) is 0 Å². The predicted molar refractivity (Wildman–Crippen MR) is 95.1 cm³/mol. The van der Waals surface area contributed by atoms with E-state index < -0.39 is 17.8 Å². The van der Waals surface area contributed by atoms with Crippen LogP contribution in [0.5, 0.6) is 17.2 Å². The molecule has 2 aliphatic rings. The summed E-state index contributed by atoms with van der Waals surface area (Å²) in [6.07, 6.45) is -4.67. The number of ether oxygens (including phenoxy) is 3. The van der Waals surface area contributed by atoms with E-state index in [1.807, 2.05) is 0 Å². The van der Waals surface area contributed by atoms with Crippen LogP contribution in [0, 0.1) is 0 Å². The first kappa shape index (κ1) is 16.9. The zero-order valence-corrected chi connectivity index (χ0v) is 14.3. The summed E-state index contributed by atoms with van der Waals surface area (Å²) in [5, 5.41) is 12.4. The maximum absolute atomic E-state index is 13.4. The normalized spacial score (nSPS) is 17.9. The van der Waals surface area contributed by atoms with E-state index in [0.717, 1.165) is 11.5 Å². The van der Waals surface area contributed by atoms with Gasteiger partial charge in [-0.25, -0.2) is 0 Å². The van der Waals surface area contributed by atoms with Gasteiger partial charge in [-0.15, -0.1) is 0 Å². The van der Waals surface area contributed by atoms with Gasteiger partial charge in [-0.2, -0.15) is 13.2 Å². The van der Waals surface area contributed by atoms with Gasteiger partial charge in [0.2, 0.25) is 6.79 Å². The van der Waals surface area contributed by atoms with Crippen molar-refractivity contribution in [2.45, 2.75) is 12.3 Å². The number of rotatable bonds is 1. The van der Waals surface area contributed by atoms with E-state index in [2.05, 4.69) is 0 Å². The second kappa shape index (κ2) is 5.90. The lowest BCUT2D eigenvalue weighted by Crippen LogP contribution is -2.15. The van der Waals surface area contributed by atoms with Crippen molar-refractivity contribution in [1.82, 2.24) is 0 Å². The summed E-state index contributed by atoms with van der Waals surface area (Å²) in [6.45, 7) is 0.0943. The van der Waals surface area contributed by atoms with Crippen molar-refractivity contribution in [2.24, 2.45) is 0 Å². The number of aliphatic hydroxyl groups excluding tert-OH is 1. The van der Waals surface area contributed by atoms with Gasteiger partial charge in [0.1, 0.15) is 11.9 Å². The molecule has 0 amide bonds. The van der Waals surface area contributed by atoms with Gasteiger partial charge in [-0.1, -0.05) is 24.3 Å². The van der Waals surface area contributed by atoms with Gasteiger partial charge in [0, 0.05) is 11.1 Å². The lowest BCUT2D eigenvalue weighted by atomic mass is 9.88. The number of hydrogen-bond acceptors (Lipinski definition) is 4. The smallest absolute Gasteiger partial charge is 0.416 e. The molecule has 0 aliphatic carbocycles. The summed E-state index contributed by atoms with van der Waals surface area (Å²) < 4.78 is 56.7. The molecule has 1 atom stereocenters. The number of aliphatic hydroxyl groups is 1. The Hall–Kier alpha value is -3.19.